The van der Waals surface area contributed by atoms with E-state index in [1.54, 1.807) is 12.2 Å². The highest BCUT2D eigenvalue weighted by Crippen LogP contribution is 2.40. The molecule has 2 nitrogen and oxygen atoms in total. The minimum absolute atomic E-state index is 0.301. The first-order valence-electron chi connectivity index (χ1n) is 9.44. The van der Waals surface area contributed by atoms with Crippen LogP contribution in [0, 0.1) is 0 Å². The summed E-state index contributed by atoms with van der Waals surface area (Å²) in [4.78, 5) is 0. The second-order valence-corrected chi connectivity index (χ2v) is 6.87. The largest absolute Gasteiger partial charge is 0.508 e. The molecule has 0 bridgehead atoms. The van der Waals surface area contributed by atoms with Gasteiger partial charge in [-0.05, 0) is 70.6 Å². The van der Waals surface area contributed by atoms with Crippen LogP contribution in [0.25, 0.3) is 11.1 Å². The van der Waals surface area contributed by atoms with E-state index in [4.69, 9.17) is 0 Å². The Hall–Kier alpha value is -3.52. The summed E-state index contributed by atoms with van der Waals surface area (Å²) in [6.07, 6.45) is 12.5. The van der Waals surface area contributed by atoms with Gasteiger partial charge >= 0.3 is 0 Å². The van der Waals surface area contributed by atoms with Crippen LogP contribution in [-0.4, -0.2) is 10.2 Å². The summed E-state index contributed by atoms with van der Waals surface area (Å²) in [5, 5.41) is 19.6. The van der Waals surface area contributed by atoms with Gasteiger partial charge in [0.25, 0.3) is 0 Å². The third kappa shape index (κ3) is 3.77. The third-order valence-corrected chi connectivity index (χ3v) is 4.99. The van der Waals surface area contributed by atoms with E-state index >= 15 is 0 Å². The van der Waals surface area contributed by atoms with Crippen molar-refractivity contribution in [2.24, 2.45) is 0 Å². The summed E-state index contributed by atoms with van der Waals surface area (Å²) in [5.74, 6) is 0.603. The van der Waals surface area contributed by atoms with Gasteiger partial charge in [0, 0.05) is 0 Å². The van der Waals surface area contributed by atoms with Crippen LogP contribution in [0.4, 0.5) is 0 Å². The molecule has 2 aromatic carbocycles. The molecule has 0 saturated heterocycles. The molecule has 4 rings (SSSR count). The molecular formula is C26H22O2. The summed E-state index contributed by atoms with van der Waals surface area (Å²) in [7, 11) is 0. The topological polar surface area (TPSA) is 40.5 Å². The normalized spacial score (nSPS) is 19.7. The first kappa shape index (κ1) is 17.9. The summed E-state index contributed by atoms with van der Waals surface area (Å²) >= 11 is 0. The predicted octanol–water partition coefficient (Wildman–Crippen LogP) is 6.70. The van der Waals surface area contributed by atoms with Crippen molar-refractivity contribution in [1.82, 2.24) is 0 Å². The number of hydrogen-bond donors (Lipinski definition) is 2. The Bertz CT molecular complexity index is 959. The molecule has 138 valence electrons. The van der Waals surface area contributed by atoms with E-state index in [0.29, 0.717) is 24.4 Å². The Kier molecular flexibility index (Phi) is 5.11. The quantitative estimate of drug-likeness (QED) is 0.635. The zero-order valence-corrected chi connectivity index (χ0v) is 15.5. The van der Waals surface area contributed by atoms with Crippen molar-refractivity contribution >= 4 is 11.1 Å². The zero-order valence-electron chi connectivity index (χ0n) is 15.5. The first-order valence-corrected chi connectivity index (χ1v) is 9.44. The fourth-order valence-corrected chi connectivity index (χ4v) is 3.63. The van der Waals surface area contributed by atoms with Crippen LogP contribution in [0.2, 0.25) is 0 Å². The Morgan fingerprint density at radius 2 is 0.929 bits per heavy atom. The lowest BCUT2D eigenvalue weighted by Gasteiger charge is -2.22. The average molecular weight is 366 g/mol. The van der Waals surface area contributed by atoms with E-state index in [9.17, 15) is 10.2 Å². The first-order chi connectivity index (χ1) is 13.7. The van der Waals surface area contributed by atoms with Crippen LogP contribution in [0.15, 0.2) is 120 Å². The average Bonchev–Trinajstić information content (AvgIpc) is 2.75. The second-order valence-electron chi connectivity index (χ2n) is 6.87. The van der Waals surface area contributed by atoms with Gasteiger partial charge in [0.2, 0.25) is 0 Å². The van der Waals surface area contributed by atoms with Crippen molar-refractivity contribution in [3.05, 3.63) is 131 Å². The lowest BCUT2D eigenvalue weighted by molar-refractivity contribution is 0.428. The molecule has 2 heteroatoms. The molecule has 0 unspecified atom stereocenters. The van der Waals surface area contributed by atoms with E-state index in [-0.39, 0.29) is 0 Å². The number of rotatable bonds is 3. The summed E-state index contributed by atoms with van der Waals surface area (Å²) < 4.78 is 0. The maximum atomic E-state index is 9.81. The van der Waals surface area contributed by atoms with E-state index in [1.165, 1.54) is 0 Å². The Balaban J connectivity index is 1.99. The van der Waals surface area contributed by atoms with E-state index in [1.807, 2.05) is 60.7 Å². The van der Waals surface area contributed by atoms with Crippen molar-refractivity contribution in [3.63, 3.8) is 0 Å². The molecular weight excluding hydrogens is 344 g/mol. The minimum atomic E-state index is 0.301. The van der Waals surface area contributed by atoms with Gasteiger partial charge < -0.3 is 10.2 Å². The van der Waals surface area contributed by atoms with Gasteiger partial charge in [-0.15, -0.1) is 0 Å². The third-order valence-electron chi connectivity index (χ3n) is 4.99. The van der Waals surface area contributed by atoms with Crippen LogP contribution < -0.4 is 0 Å². The van der Waals surface area contributed by atoms with Crippen molar-refractivity contribution in [2.45, 2.75) is 12.8 Å². The standard InChI is InChI=1S/C26H22O2/c27-23-15-11-21(12-16-23)25(19-7-3-1-4-8-19)26(20-9-5-2-6-10-20)22-13-17-24(28)18-14-22/h1-11,13,15-18,27-28H,12,14H2/b25-21+,26-22?. The molecule has 0 heterocycles. The summed E-state index contributed by atoms with van der Waals surface area (Å²) in [6, 6.07) is 20.7. The van der Waals surface area contributed by atoms with Gasteiger partial charge in [-0.25, -0.2) is 0 Å². The maximum Gasteiger partial charge on any atom is 0.111 e. The Morgan fingerprint density at radius 1 is 0.536 bits per heavy atom. The van der Waals surface area contributed by atoms with Crippen LogP contribution in [0.3, 0.4) is 0 Å². The van der Waals surface area contributed by atoms with E-state index in [0.717, 1.165) is 33.4 Å². The Morgan fingerprint density at radius 3 is 1.25 bits per heavy atom. The lowest BCUT2D eigenvalue weighted by atomic mass is 9.82. The second kappa shape index (κ2) is 8.01. The molecule has 0 aliphatic heterocycles. The van der Waals surface area contributed by atoms with Crippen molar-refractivity contribution in [2.75, 3.05) is 0 Å². The molecule has 2 N–H and O–H groups in total. The molecule has 0 fully saturated rings. The highest BCUT2D eigenvalue weighted by Gasteiger charge is 2.19. The number of allylic oxidation sites excluding steroid dienone is 10. The molecule has 0 amide bonds. The van der Waals surface area contributed by atoms with E-state index in [2.05, 4.69) is 24.3 Å². The fourth-order valence-electron chi connectivity index (χ4n) is 3.63. The molecule has 0 aromatic heterocycles. The van der Waals surface area contributed by atoms with Crippen molar-refractivity contribution in [1.29, 1.82) is 0 Å². The monoisotopic (exact) mass is 366 g/mol. The van der Waals surface area contributed by atoms with Crippen LogP contribution in [-0.2, 0) is 0 Å². The van der Waals surface area contributed by atoms with Gasteiger partial charge in [-0.1, -0.05) is 72.8 Å². The molecule has 0 radical (unpaired) electrons. The number of benzene rings is 2. The number of aliphatic hydroxyl groups excluding tert-OH is 2. The van der Waals surface area contributed by atoms with Crippen molar-refractivity contribution in [3.8, 4) is 0 Å². The Labute approximate surface area is 165 Å². The lowest BCUT2D eigenvalue weighted by Crippen LogP contribution is -2.01. The SMILES string of the molecule is OC1=CCC(=C(/C(=C2\C=CC(O)=CC2)c2ccccc2)c2ccccc2)C=C1. The molecule has 28 heavy (non-hydrogen) atoms. The fraction of sp³-hybridized carbons (Fsp3) is 0.0769. The van der Waals surface area contributed by atoms with E-state index < -0.39 is 0 Å². The molecule has 0 spiro atoms. The van der Waals surface area contributed by atoms with Crippen LogP contribution in [0.5, 0.6) is 0 Å². The summed E-state index contributed by atoms with van der Waals surface area (Å²) in [6.45, 7) is 0. The molecule has 2 aliphatic carbocycles. The predicted molar refractivity (Wildman–Crippen MR) is 116 cm³/mol. The highest BCUT2D eigenvalue weighted by molar-refractivity contribution is 6.08. The zero-order chi connectivity index (χ0) is 19.3. The smallest absolute Gasteiger partial charge is 0.111 e. The van der Waals surface area contributed by atoms with Gasteiger partial charge in [0.15, 0.2) is 0 Å². The van der Waals surface area contributed by atoms with Gasteiger partial charge in [-0.2, -0.15) is 0 Å². The molecule has 0 atom stereocenters. The van der Waals surface area contributed by atoms with Crippen molar-refractivity contribution < 1.29 is 10.2 Å². The number of hydrogen-bond acceptors (Lipinski definition) is 2. The minimum Gasteiger partial charge on any atom is -0.508 e. The molecule has 2 aromatic rings. The number of aliphatic hydroxyl groups is 2. The maximum absolute atomic E-state index is 9.81. The van der Waals surface area contributed by atoms with Crippen LogP contribution in [0.1, 0.15) is 24.0 Å². The molecule has 0 saturated carbocycles. The van der Waals surface area contributed by atoms with Gasteiger partial charge in [0.1, 0.15) is 11.5 Å². The summed E-state index contributed by atoms with van der Waals surface area (Å²) in [5.41, 5.74) is 6.89. The highest BCUT2D eigenvalue weighted by atomic mass is 16.3. The van der Waals surface area contributed by atoms with Crippen LogP contribution >= 0.6 is 0 Å². The van der Waals surface area contributed by atoms with Gasteiger partial charge in [0.05, 0.1) is 0 Å². The van der Waals surface area contributed by atoms with Gasteiger partial charge in [-0.3, -0.25) is 0 Å². The molecule has 2 aliphatic rings.